The lowest BCUT2D eigenvalue weighted by molar-refractivity contribution is 0.580. The Morgan fingerprint density at radius 3 is 2.38 bits per heavy atom. The minimum absolute atomic E-state index is 0.363. The fraction of sp³-hybridized carbons (Fsp3) is 0. The zero-order chi connectivity index (χ0) is 9.26. The molecule has 0 unspecified atom stereocenters. The lowest BCUT2D eigenvalue weighted by Crippen LogP contribution is -1.92. The van der Waals surface area contributed by atoms with Crippen molar-refractivity contribution in [3.8, 4) is 5.69 Å². The van der Waals surface area contributed by atoms with Crippen molar-refractivity contribution in [1.29, 1.82) is 0 Å². The Bertz CT molecular complexity index is 387. The normalized spacial score (nSPS) is 10.3. The molecule has 0 aliphatic heterocycles. The highest BCUT2D eigenvalue weighted by Gasteiger charge is 2.01. The molecular formula is C10H6F2N. The smallest absolute Gasteiger partial charge is 0.136 e. The van der Waals surface area contributed by atoms with Crippen molar-refractivity contribution < 1.29 is 8.78 Å². The highest BCUT2D eigenvalue weighted by molar-refractivity contribution is 5.32. The second-order valence-corrected chi connectivity index (χ2v) is 2.62. The zero-order valence-corrected chi connectivity index (χ0v) is 6.67. The minimum atomic E-state index is -0.691. The molecule has 0 bridgehead atoms. The number of hydrogen-bond acceptors (Lipinski definition) is 0. The molecule has 1 aromatic carbocycles. The van der Waals surface area contributed by atoms with Crippen LogP contribution in [0.25, 0.3) is 5.69 Å². The second-order valence-electron chi connectivity index (χ2n) is 2.62. The average molecular weight is 178 g/mol. The molecular weight excluding hydrogens is 172 g/mol. The molecule has 0 saturated heterocycles. The summed E-state index contributed by atoms with van der Waals surface area (Å²) in [7, 11) is 0. The van der Waals surface area contributed by atoms with Crippen LogP contribution >= 0.6 is 0 Å². The van der Waals surface area contributed by atoms with Crippen LogP contribution in [0.5, 0.6) is 0 Å². The first-order valence-corrected chi connectivity index (χ1v) is 3.77. The molecule has 0 aliphatic carbocycles. The first-order chi connectivity index (χ1) is 6.25. The van der Waals surface area contributed by atoms with Gasteiger partial charge in [0.2, 0.25) is 0 Å². The molecule has 1 aromatic heterocycles. The maximum atomic E-state index is 12.7. The van der Waals surface area contributed by atoms with Crippen molar-refractivity contribution in [2.45, 2.75) is 0 Å². The summed E-state index contributed by atoms with van der Waals surface area (Å²) in [6, 6.07) is 7.98. The van der Waals surface area contributed by atoms with E-state index in [9.17, 15) is 8.78 Å². The van der Waals surface area contributed by atoms with Gasteiger partial charge in [0.05, 0.1) is 5.69 Å². The van der Waals surface area contributed by atoms with Gasteiger partial charge in [-0.3, -0.25) is 0 Å². The predicted molar refractivity (Wildman–Crippen MR) is 44.5 cm³/mol. The van der Waals surface area contributed by atoms with E-state index in [1.807, 2.05) is 0 Å². The molecule has 0 N–H and O–H groups in total. The van der Waals surface area contributed by atoms with Crippen molar-refractivity contribution >= 4 is 0 Å². The van der Waals surface area contributed by atoms with Gasteiger partial charge in [-0.2, -0.15) is 0 Å². The quantitative estimate of drug-likeness (QED) is 0.632. The van der Waals surface area contributed by atoms with Gasteiger partial charge in [-0.15, -0.1) is 0 Å². The van der Waals surface area contributed by atoms with Gasteiger partial charge in [0.1, 0.15) is 11.6 Å². The van der Waals surface area contributed by atoms with E-state index in [4.69, 9.17) is 0 Å². The van der Waals surface area contributed by atoms with E-state index in [0.29, 0.717) is 5.69 Å². The van der Waals surface area contributed by atoms with Crippen LogP contribution in [-0.2, 0) is 0 Å². The molecule has 0 fully saturated rings. The topological polar surface area (TPSA) is 4.93 Å². The number of rotatable bonds is 1. The van der Waals surface area contributed by atoms with E-state index in [1.165, 1.54) is 6.07 Å². The summed E-state index contributed by atoms with van der Waals surface area (Å²) >= 11 is 0. The second kappa shape index (κ2) is 3.01. The molecule has 0 aliphatic rings. The predicted octanol–water partition coefficient (Wildman–Crippen LogP) is 2.56. The molecule has 65 valence electrons. The monoisotopic (exact) mass is 178 g/mol. The Morgan fingerprint density at radius 2 is 1.77 bits per heavy atom. The molecule has 0 spiro atoms. The molecule has 1 nitrogen and oxygen atoms in total. The summed E-state index contributed by atoms with van der Waals surface area (Å²) in [6.07, 6.45) is 3.40. The van der Waals surface area contributed by atoms with E-state index in [2.05, 4.69) is 6.07 Å². The number of benzene rings is 1. The molecule has 1 radical (unpaired) electrons. The first kappa shape index (κ1) is 7.98. The SMILES string of the molecule is Fc1[c]c(-n2cccc2)cc(F)c1. The maximum absolute atomic E-state index is 12.7. The fourth-order valence-electron chi connectivity index (χ4n) is 1.12. The van der Waals surface area contributed by atoms with Crippen molar-refractivity contribution in [2.24, 2.45) is 0 Å². The summed E-state index contributed by atoms with van der Waals surface area (Å²) in [5.41, 5.74) is 0.363. The third kappa shape index (κ3) is 1.59. The van der Waals surface area contributed by atoms with E-state index in [0.717, 1.165) is 6.07 Å². The summed E-state index contributed by atoms with van der Waals surface area (Å²) < 4.78 is 27.0. The highest BCUT2D eigenvalue weighted by atomic mass is 19.1. The minimum Gasteiger partial charge on any atom is -0.323 e. The third-order valence-corrected chi connectivity index (χ3v) is 1.67. The van der Waals surface area contributed by atoms with Crippen molar-refractivity contribution in [1.82, 2.24) is 4.57 Å². The van der Waals surface area contributed by atoms with Crippen molar-refractivity contribution in [2.75, 3.05) is 0 Å². The molecule has 0 amide bonds. The van der Waals surface area contributed by atoms with Crippen LogP contribution in [0.2, 0.25) is 0 Å². The summed E-state index contributed by atoms with van der Waals surface area (Å²) in [4.78, 5) is 0. The van der Waals surface area contributed by atoms with Gasteiger partial charge >= 0.3 is 0 Å². The van der Waals surface area contributed by atoms with Gasteiger partial charge in [0, 0.05) is 24.5 Å². The van der Waals surface area contributed by atoms with Crippen LogP contribution in [0.15, 0.2) is 36.7 Å². The van der Waals surface area contributed by atoms with Crippen LogP contribution in [-0.4, -0.2) is 4.57 Å². The van der Waals surface area contributed by atoms with Gasteiger partial charge in [-0.25, -0.2) is 8.78 Å². The van der Waals surface area contributed by atoms with E-state index >= 15 is 0 Å². The number of halogens is 2. The molecule has 3 heteroatoms. The van der Waals surface area contributed by atoms with Crippen molar-refractivity contribution in [3.63, 3.8) is 0 Å². The Morgan fingerprint density at radius 1 is 1.08 bits per heavy atom. The Labute approximate surface area is 74.2 Å². The van der Waals surface area contributed by atoms with E-state index < -0.39 is 11.6 Å². The van der Waals surface area contributed by atoms with E-state index in [-0.39, 0.29) is 0 Å². The molecule has 0 atom stereocenters. The Balaban J connectivity index is 2.53. The largest absolute Gasteiger partial charge is 0.323 e. The van der Waals surface area contributed by atoms with Crippen LogP contribution in [0.1, 0.15) is 0 Å². The van der Waals surface area contributed by atoms with Gasteiger partial charge < -0.3 is 4.57 Å². The number of aromatic nitrogens is 1. The van der Waals surface area contributed by atoms with Gasteiger partial charge in [0.15, 0.2) is 0 Å². The van der Waals surface area contributed by atoms with Crippen LogP contribution < -0.4 is 0 Å². The van der Waals surface area contributed by atoms with Gasteiger partial charge in [-0.05, 0) is 18.2 Å². The third-order valence-electron chi connectivity index (χ3n) is 1.67. The molecule has 2 rings (SSSR count). The average Bonchev–Trinajstić information content (AvgIpc) is 2.53. The Hall–Kier alpha value is -1.64. The van der Waals surface area contributed by atoms with Gasteiger partial charge in [0.25, 0.3) is 0 Å². The number of nitrogens with zero attached hydrogens (tertiary/aromatic N) is 1. The van der Waals surface area contributed by atoms with Crippen LogP contribution in [0, 0.1) is 17.7 Å². The maximum Gasteiger partial charge on any atom is 0.136 e. The van der Waals surface area contributed by atoms with E-state index in [1.54, 1.807) is 29.1 Å². The van der Waals surface area contributed by atoms with Crippen LogP contribution in [0.3, 0.4) is 0 Å². The zero-order valence-electron chi connectivity index (χ0n) is 6.67. The standard InChI is InChI=1S/C10H6F2N/c11-8-5-9(12)7-10(6-8)13-3-1-2-4-13/h1-6H. The fourth-order valence-corrected chi connectivity index (χ4v) is 1.12. The summed E-state index contributed by atoms with van der Waals surface area (Å²) in [6.45, 7) is 0. The molecule has 13 heavy (non-hydrogen) atoms. The van der Waals surface area contributed by atoms with Gasteiger partial charge in [-0.1, -0.05) is 0 Å². The molecule has 1 heterocycles. The Kier molecular flexibility index (Phi) is 1.85. The lowest BCUT2D eigenvalue weighted by Gasteiger charge is -2.01. The summed E-state index contributed by atoms with van der Waals surface area (Å²) in [5.74, 6) is -1.29. The van der Waals surface area contributed by atoms with Crippen LogP contribution in [0.4, 0.5) is 8.78 Å². The first-order valence-electron chi connectivity index (χ1n) is 3.77. The lowest BCUT2D eigenvalue weighted by atomic mass is 10.3. The molecule has 2 aromatic rings. The highest BCUT2D eigenvalue weighted by Crippen LogP contribution is 2.11. The van der Waals surface area contributed by atoms with Crippen molar-refractivity contribution in [3.05, 3.63) is 54.4 Å². The number of hydrogen-bond donors (Lipinski definition) is 0. The summed E-state index contributed by atoms with van der Waals surface area (Å²) in [5, 5.41) is 0. The molecule has 0 saturated carbocycles.